The average Bonchev–Trinajstić information content (AvgIpc) is 3.45. The Morgan fingerprint density at radius 3 is 2.50 bits per heavy atom. The van der Waals surface area contributed by atoms with Gasteiger partial charge in [0.15, 0.2) is 0 Å². The summed E-state index contributed by atoms with van der Waals surface area (Å²) in [5.74, 6) is -0.0639. The largest absolute Gasteiger partial charge is 0.355 e. The van der Waals surface area contributed by atoms with Gasteiger partial charge in [-0.1, -0.05) is 54.4 Å². The quantitative estimate of drug-likeness (QED) is 0.329. The van der Waals surface area contributed by atoms with Crippen LogP contribution in [0.15, 0.2) is 60.7 Å². The smallest absolute Gasteiger partial charge is 0.252 e. The zero-order chi connectivity index (χ0) is 22.4. The molecule has 0 aliphatic carbocycles. The zero-order valence-corrected chi connectivity index (χ0v) is 20.4. The molecule has 34 heavy (non-hydrogen) atoms. The van der Waals surface area contributed by atoms with Crippen LogP contribution >= 0.6 is 24.0 Å². The van der Waals surface area contributed by atoms with E-state index in [0.717, 1.165) is 40.0 Å². The lowest BCUT2D eigenvalue weighted by molar-refractivity contribution is 0.0966. The molecule has 3 aromatic carbocycles. The van der Waals surface area contributed by atoms with Crippen molar-refractivity contribution in [2.24, 2.45) is 0 Å². The number of aromatic amines is 1. The number of hydrogen-bond donors (Lipinski definition) is 2. The molecule has 1 aromatic heterocycles. The fourth-order valence-electron chi connectivity index (χ4n) is 5.24. The maximum atomic E-state index is 12.8. The molecule has 2 N–H and O–H groups in total. The molecule has 1 amide bonds. The van der Waals surface area contributed by atoms with Gasteiger partial charge in [0.1, 0.15) is 0 Å². The summed E-state index contributed by atoms with van der Waals surface area (Å²) in [4.78, 5) is 18.9. The van der Waals surface area contributed by atoms with E-state index in [1.165, 1.54) is 43.3 Å². The minimum Gasteiger partial charge on any atom is -0.355 e. The Balaban J connectivity index is 0.00000241. The number of H-pyrrole nitrogens is 1. The summed E-state index contributed by atoms with van der Waals surface area (Å²) in [6.45, 7) is 3.82. The van der Waals surface area contributed by atoms with E-state index in [1.54, 1.807) is 0 Å². The first kappa shape index (κ1) is 23.0. The molecule has 2 aliphatic heterocycles. The average molecular weight is 492 g/mol. The number of carbonyl (C=O) groups excluding carboxylic acids is 1. The van der Waals surface area contributed by atoms with E-state index in [0.29, 0.717) is 17.1 Å². The summed E-state index contributed by atoms with van der Waals surface area (Å²) in [6.07, 6.45) is 3.94. The van der Waals surface area contributed by atoms with E-state index in [1.807, 2.05) is 18.2 Å². The molecular formula is C28H27Cl2N3O. The van der Waals surface area contributed by atoms with Gasteiger partial charge in [0.2, 0.25) is 0 Å². The van der Waals surface area contributed by atoms with Crippen LogP contribution in [0, 0.1) is 0 Å². The summed E-state index contributed by atoms with van der Waals surface area (Å²) in [6, 6.07) is 21.0. The third-order valence-corrected chi connectivity index (χ3v) is 7.36. The molecular weight excluding hydrogens is 465 g/mol. The van der Waals surface area contributed by atoms with Gasteiger partial charge in [0.25, 0.3) is 5.91 Å². The van der Waals surface area contributed by atoms with Crippen LogP contribution in [0.5, 0.6) is 0 Å². The second-order valence-electron chi connectivity index (χ2n) is 9.13. The maximum absolute atomic E-state index is 12.8. The molecule has 0 bridgehead atoms. The minimum absolute atomic E-state index is 0. The second kappa shape index (κ2) is 9.46. The van der Waals surface area contributed by atoms with Gasteiger partial charge >= 0.3 is 0 Å². The van der Waals surface area contributed by atoms with Crippen molar-refractivity contribution in [1.29, 1.82) is 0 Å². The maximum Gasteiger partial charge on any atom is 0.252 e. The standard InChI is InChI=1S/C28H26ClN3O.ClH/c29-27-21(19-7-3-1-4-8-19)15-22(26-23(27)16-30-28(26)33)25-14-20-13-18(9-10-24(20)31-25)17-32-11-5-2-6-12-32;/h1,3-4,7-10,13-15,31H,2,5-6,11-12,16-17H2,(H,30,33);1H. The Bertz CT molecular complexity index is 1360. The predicted octanol–water partition coefficient (Wildman–Crippen LogP) is 6.81. The Labute approximate surface area is 210 Å². The Morgan fingerprint density at radius 1 is 0.912 bits per heavy atom. The molecule has 6 heteroatoms. The number of piperidine rings is 1. The van der Waals surface area contributed by atoms with Gasteiger partial charge in [-0.05, 0) is 61.3 Å². The highest BCUT2D eigenvalue weighted by Crippen LogP contribution is 2.41. The summed E-state index contributed by atoms with van der Waals surface area (Å²) in [7, 11) is 0. The number of benzene rings is 3. The van der Waals surface area contributed by atoms with E-state index >= 15 is 0 Å². The second-order valence-corrected chi connectivity index (χ2v) is 9.51. The number of aromatic nitrogens is 1. The van der Waals surface area contributed by atoms with Gasteiger partial charge in [-0.25, -0.2) is 0 Å². The van der Waals surface area contributed by atoms with Crippen LogP contribution in [0.2, 0.25) is 5.02 Å². The normalized spacial score (nSPS) is 15.7. The lowest BCUT2D eigenvalue weighted by Crippen LogP contribution is -2.28. The highest BCUT2D eigenvalue weighted by molar-refractivity contribution is 6.35. The van der Waals surface area contributed by atoms with Crippen LogP contribution in [0.3, 0.4) is 0 Å². The van der Waals surface area contributed by atoms with Gasteiger partial charge < -0.3 is 10.3 Å². The van der Waals surface area contributed by atoms with E-state index in [-0.39, 0.29) is 18.3 Å². The first-order valence-electron chi connectivity index (χ1n) is 11.7. The summed E-state index contributed by atoms with van der Waals surface area (Å²) < 4.78 is 0. The molecule has 1 saturated heterocycles. The number of fused-ring (bicyclic) bond motifs is 2. The number of rotatable bonds is 4. The van der Waals surface area contributed by atoms with Crippen LogP contribution < -0.4 is 5.32 Å². The molecule has 174 valence electrons. The highest BCUT2D eigenvalue weighted by atomic mass is 35.5. The van der Waals surface area contributed by atoms with E-state index in [4.69, 9.17) is 11.6 Å². The van der Waals surface area contributed by atoms with Gasteiger partial charge in [-0.3, -0.25) is 9.69 Å². The van der Waals surface area contributed by atoms with Crippen molar-refractivity contribution in [3.8, 4) is 22.4 Å². The first-order chi connectivity index (χ1) is 16.2. The lowest BCUT2D eigenvalue weighted by atomic mass is 9.93. The van der Waals surface area contributed by atoms with Crippen LogP contribution in [-0.4, -0.2) is 28.9 Å². The lowest BCUT2D eigenvalue weighted by Gasteiger charge is -2.26. The fourth-order valence-corrected chi connectivity index (χ4v) is 5.56. The Kier molecular flexibility index (Phi) is 6.39. The third kappa shape index (κ3) is 4.11. The summed E-state index contributed by atoms with van der Waals surface area (Å²) in [5.41, 5.74) is 7.81. The topological polar surface area (TPSA) is 48.1 Å². The highest BCUT2D eigenvalue weighted by Gasteiger charge is 2.28. The summed E-state index contributed by atoms with van der Waals surface area (Å²) >= 11 is 6.80. The molecule has 0 radical (unpaired) electrons. The number of likely N-dealkylation sites (tertiary alicyclic amines) is 1. The van der Waals surface area contributed by atoms with Crippen LogP contribution in [0.25, 0.3) is 33.3 Å². The molecule has 3 heterocycles. The molecule has 0 atom stereocenters. The van der Waals surface area contributed by atoms with Crippen LogP contribution in [0.1, 0.15) is 40.7 Å². The van der Waals surface area contributed by atoms with Crippen molar-refractivity contribution >= 4 is 40.8 Å². The SMILES string of the molecule is Cl.O=C1NCc2c(Cl)c(-c3ccccc3)cc(-c3cc4cc(CN5CCCCC5)ccc4[nH]3)c21. The molecule has 4 nitrogen and oxygen atoms in total. The predicted molar refractivity (Wildman–Crippen MR) is 142 cm³/mol. The van der Waals surface area contributed by atoms with Crippen molar-refractivity contribution in [2.75, 3.05) is 13.1 Å². The van der Waals surface area contributed by atoms with Gasteiger partial charge in [0.05, 0.1) is 10.6 Å². The van der Waals surface area contributed by atoms with E-state index in [2.05, 4.69) is 57.7 Å². The number of carbonyl (C=O) groups is 1. The Morgan fingerprint density at radius 2 is 1.71 bits per heavy atom. The molecule has 0 unspecified atom stereocenters. The van der Waals surface area contributed by atoms with Gasteiger partial charge in [-0.2, -0.15) is 0 Å². The van der Waals surface area contributed by atoms with Crippen LogP contribution in [-0.2, 0) is 13.1 Å². The minimum atomic E-state index is -0.0639. The number of hydrogen-bond acceptors (Lipinski definition) is 2. The van der Waals surface area contributed by atoms with Crippen LogP contribution in [0.4, 0.5) is 0 Å². The molecule has 1 fully saturated rings. The van der Waals surface area contributed by atoms with Crippen molar-refractivity contribution < 1.29 is 4.79 Å². The molecule has 6 rings (SSSR count). The number of halogens is 2. The fraction of sp³-hybridized carbons (Fsp3) is 0.250. The van der Waals surface area contributed by atoms with E-state index < -0.39 is 0 Å². The number of nitrogens with zero attached hydrogens (tertiary/aromatic N) is 1. The monoisotopic (exact) mass is 491 g/mol. The first-order valence-corrected chi connectivity index (χ1v) is 12.1. The number of nitrogens with one attached hydrogen (secondary N) is 2. The van der Waals surface area contributed by atoms with Crippen molar-refractivity contribution in [3.63, 3.8) is 0 Å². The van der Waals surface area contributed by atoms with E-state index in [9.17, 15) is 4.79 Å². The molecule has 2 aliphatic rings. The van der Waals surface area contributed by atoms with Crippen molar-refractivity contribution in [2.45, 2.75) is 32.4 Å². The van der Waals surface area contributed by atoms with Gasteiger partial charge in [0, 0.05) is 46.4 Å². The number of amides is 1. The Hall–Kier alpha value is -2.79. The zero-order valence-electron chi connectivity index (χ0n) is 18.9. The van der Waals surface area contributed by atoms with Crippen molar-refractivity contribution in [1.82, 2.24) is 15.2 Å². The summed E-state index contributed by atoms with van der Waals surface area (Å²) in [5, 5.41) is 4.78. The third-order valence-electron chi connectivity index (χ3n) is 6.93. The van der Waals surface area contributed by atoms with Crippen molar-refractivity contribution in [3.05, 3.63) is 82.4 Å². The molecule has 0 saturated carbocycles. The molecule has 0 spiro atoms. The van der Waals surface area contributed by atoms with Gasteiger partial charge in [-0.15, -0.1) is 12.4 Å². The molecule has 4 aromatic rings.